The molecular formula is C13H24N2OS. The lowest BCUT2D eigenvalue weighted by Crippen LogP contribution is -2.52. The lowest BCUT2D eigenvalue weighted by Gasteiger charge is -2.33. The fourth-order valence-electron chi connectivity index (χ4n) is 2.90. The van der Waals surface area contributed by atoms with Crippen molar-refractivity contribution >= 4 is 17.7 Å². The molecule has 4 heteroatoms. The Morgan fingerprint density at radius 2 is 1.94 bits per heavy atom. The summed E-state index contributed by atoms with van der Waals surface area (Å²) in [5, 5.41) is 7.21. The number of hydrogen-bond donors (Lipinski definition) is 2. The summed E-state index contributed by atoms with van der Waals surface area (Å²) in [6.07, 6.45) is 10.5. The summed E-state index contributed by atoms with van der Waals surface area (Å²) in [5.41, 5.74) is 0. The molecule has 3 atom stereocenters. The Morgan fingerprint density at radius 3 is 2.65 bits per heavy atom. The third-order valence-electron chi connectivity index (χ3n) is 3.96. The molecule has 1 saturated carbocycles. The van der Waals surface area contributed by atoms with Crippen LogP contribution in [0.1, 0.15) is 44.9 Å². The second kappa shape index (κ2) is 6.64. The molecule has 1 aliphatic heterocycles. The van der Waals surface area contributed by atoms with Gasteiger partial charge in [0.25, 0.3) is 0 Å². The smallest absolute Gasteiger partial charge is 0.237 e. The molecule has 0 aromatic rings. The highest BCUT2D eigenvalue weighted by molar-refractivity contribution is 7.99. The average Bonchev–Trinajstić information content (AvgIpc) is 2.40. The molecule has 1 saturated heterocycles. The molecule has 0 bridgehead atoms. The van der Waals surface area contributed by atoms with Crippen molar-refractivity contribution in [1.82, 2.24) is 10.6 Å². The van der Waals surface area contributed by atoms with E-state index in [1.54, 1.807) is 0 Å². The first-order valence-corrected chi connectivity index (χ1v) is 8.16. The minimum Gasteiger partial charge on any atom is -0.351 e. The standard InChI is InChI=1S/C13H24N2OS/c1-17-12-8-3-2-6-10(12)15-13(16)11-7-4-5-9-14-11/h10-12,14H,2-9H2,1H3,(H,15,16). The highest BCUT2D eigenvalue weighted by atomic mass is 32.2. The van der Waals surface area contributed by atoms with E-state index in [2.05, 4.69) is 16.9 Å². The van der Waals surface area contributed by atoms with E-state index in [1.165, 1.54) is 32.1 Å². The lowest BCUT2D eigenvalue weighted by atomic mass is 9.94. The van der Waals surface area contributed by atoms with Crippen LogP contribution >= 0.6 is 11.8 Å². The van der Waals surface area contributed by atoms with Crippen LogP contribution in [0.5, 0.6) is 0 Å². The van der Waals surface area contributed by atoms with Crippen LogP contribution in [0.15, 0.2) is 0 Å². The summed E-state index contributed by atoms with van der Waals surface area (Å²) >= 11 is 1.91. The molecule has 2 aliphatic rings. The van der Waals surface area contributed by atoms with E-state index in [0.717, 1.165) is 19.4 Å². The van der Waals surface area contributed by atoms with Crippen LogP contribution in [0, 0.1) is 0 Å². The Balaban J connectivity index is 1.83. The van der Waals surface area contributed by atoms with Crippen molar-refractivity contribution in [2.24, 2.45) is 0 Å². The summed E-state index contributed by atoms with van der Waals surface area (Å²) in [6, 6.07) is 0.461. The predicted octanol–water partition coefficient (Wildman–Crippen LogP) is 1.92. The highest BCUT2D eigenvalue weighted by Gasteiger charge is 2.28. The Bertz CT molecular complexity index is 254. The molecule has 2 fully saturated rings. The molecule has 1 aliphatic carbocycles. The fraction of sp³-hybridized carbons (Fsp3) is 0.923. The van der Waals surface area contributed by atoms with Gasteiger partial charge >= 0.3 is 0 Å². The fourth-order valence-corrected chi connectivity index (χ4v) is 3.84. The van der Waals surface area contributed by atoms with Gasteiger partial charge in [-0.15, -0.1) is 0 Å². The molecule has 0 aromatic carbocycles. The monoisotopic (exact) mass is 256 g/mol. The maximum Gasteiger partial charge on any atom is 0.237 e. The normalized spacial score (nSPS) is 34.3. The lowest BCUT2D eigenvalue weighted by molar-refractivity contribution is -0.124. The van der Waals surface area contributed by atoms with Crippen LogP contribution < -0.4 is 10.6 Å². The van der Waals surface area contributed by atoms with Gasteiger partial charge in [-0.1, -0.05) is 19.3 Å². The predicted molar refractivity (Wildman–Crippen MR) is 73.3 cm³/mol. The maximum absolute atomic E-state index is 12.1. The number of carbonyl (C=O) groups excluding carboxylic acids is 1. The third kappa shape index (κ3) is 3.62. The average molecular weight is 256 g/mol. The van der Waals surface area contributed by atoms with Crippen molar-refractivity contribution in [2.45, 2.75) is 62.3 Å². The van der Waals surface area contributed by atoms with Crippen LogP contribution in [0.4, 0.5) is 0 Å². The molecular weight excluding hydrogens is 232 g/mol. The van der Waals surface area contributed by atoms with Gasteiger partial charge in [-0.3, -0.25) is 4.79 Å². The first-order valence-electron chi connectivity index (χ1n) is 6.88. The molecule has 0 aromatic heterocycles. The largest absolute Gasteiger partial charge is 0.351 e. The molecule has 1 heterocycles. The SMILES string of the molecule is CSC1CCCCC1NC(=O)C1CCCCN1. The Morgan fingerprint density at radius 1 is 1.18 bits per heavy atom. The van der Waals surface area contributed by atoms with Gasteiger partial charge in [0.2, 0.25) is 5.91 Å². The van der Waals surface area contributed by atoms with Crippen molar-refractivity contribution in [1.29, 1.82) is 0 Å². The van der Waals surface area contributed by atoms with Gasteiger partial charge in [0.15, 0.2) is 0 Å². The number of piperidine rings is 1. The Labute approximate surface area is 108 Å². The van der Waals surface area contributed by atoms with E-state index in [4.69, 9.17) is 0 Å². The van der Waals surface area contributed by atoms with E-state index in [1.807, 2.05) is 11.8 Å². The molecule has 2 N–H and O–H groups in total. The van der Waals surface area contributed by atoms with Crippen molar-refractivity contribution < 1.29 is 4.79 Å². The van der Waals surface area contributed by atoms with Crippen LogP contribution in [0.2, 0.25) is 0 Å². The summed E-state index contributed by atoms with van der Waals surface area (Å²) in [4.78, 5) is 12.1. The van der Waals surface area contributed by atoms with E-state index in [9.17, 15) is 4.79 Å². The van der Waals surface area contributed by atoms with Crippen LogP contribution in [-0.2, 0) is 4.79 Å². The van der Waals surface area contributed by atoms with E-state index < -0.39 is 0 Å². The van der Waals surface area contributed by atoms with Gasteiger partial charge < -0.3 is 10.6 Å². The van der Waals surface area contributed by atoms with Crippen molar-refractivity contribution in [3.8, 4) is 0 Å². The van der Waals surface area contributed by atoms with Crippen LogP contribution in [0.25, 0.3) is 0 Å². The van der Waals surface area contributed by atoms with E-state index in [-0.39, 0.29) is 11.9 Å². The van der Waals surface area contributed by atoms with E-state index in [0.29, 0.717) is 11.3 Å². The van der Waals surface area contributed by atoms with Crippen molar-refractivity contribution in [3.63, 3.8) is 0 Å². The molecule has 3 unspecified atom stereocenters. The zero-order valence-corrected chi connectivity index (χ0v) is 11.5. The van der Waals surface area contributed by atoms with Gasteiger partial charge in [0, 0.05) is 11.3 Å². The number of rotatable bonds is 3. The summed E-state index contributed by atoms with van der Waals surface area (Å²) in [5.74, 6) is 0.232. The first kappa shape index (κ1) is 13.2. The number of nitrogens with one attached hydrogen (secondary N) is 2. The summed E-state index contributed by atoms with van der Waals surface area (Å²) in [7, 11) is 0. The van der Waals surface area contributed by atoms with E-state index >= 15 is 0 Å². The van der Waals surface area contributed by atoms with Crippen LogP contribution in [0.3, 0.4) is 0 Å². The highest BCUT2D eigenvalue weighted by Crippen LogP contribution is 2.27. The van der Waals surface area contributed by atoms with Gasteiger partial charge in [0.05, 0.1) is 6.04 Å². The minimum absolute atomic E-state index is 0.0631. The van der Waals surface area contributed by atoms with Gasteiger partial charge in [-0.2, -0.15) is 11.8 Å². The third-order valence-corrected chi connectivity index (χ3v) is 5.13. The number of hydrogen-bond acceptors (Lipinski definition) is 3. The zero-order valence-electron chi connectivity index (χ0n) is 10.7. The zero-order chi connectivity index (χ0) is 12.1. The molecule has 2 rings (SSSR count). The molecule has 17 heavy (non-hydrogen) atoms. The number of carbonyl (C=O) groups is 1. The molecule has 1 amide bonds. The second-order valence-electron chi connectivity index (χ2n) is 5.18. The molecule has 98 valence electrons. The Hall–Kier alpha value is -0.220. The van der Waals surface area contributed by atoms with Crippen LogP contribution in [-0.4, -0.2) is 36.0 Å². The Kier molecular flexibility index (Phi) is 5.16. The number of thioether (sulfide) groups is 1. The topological polar surface area (TPSA) is 41.1 Å². The molecule has 0 radical (unpaired) electrons. The first-order chi connectivity index (χ1) is 8.31. The summed E-state index contributed by atoms with van der Waals surface area (Å²) in [6.45, 7) is 0.995. The maximum atomic E-state index is 12.1. The van der Waals surface area contributed by atoms with Gasteiger partial charge in [0.1, 0.15) is 0 Å². The second-order valence-corrected chi connectivity index (χ2v) is 6.25. The minimum atomic E-state index is 0.0631. The van der Waals surface area contributed by atoms with Gasteiger partial charge in [-0.25, -0.2) is 0 Å². The van der Waals surface area contributed by atoms with Gasteiger partial charge in [-0.05, 0) is 38.5 Å². The number of amides is 1. The molecule has 0 spiro atoms. The molecule has 3 nitrogen and oxygen atoms in total. The summed E-state index contributed by atoms with van der Waals surface area (Å²) < 4.78 is 0. The van der Waals surface area contributed by atoms with Crippen molar-refractivity contribution in [3.05, 3.63) is 0 Å². The quantitative estimate of drug-likeness (QED) is 0.810. The van der Waals surface area contributed by atoms with Crippen molar-refractivity contribution in [2.75, 3.05) is 12.8 Å².